The van der Waals surface area contributed by atoms with Crippen LogP contribution in [0, 0.1) is 11.2 Å². The van der Waals surface area contributed by atoms with Crippen LogP contribution in [-0.4, -0.2) is 54.5 Å². The topological polar surface area (TPSA) is 93.5 Å². The average molecular weight is 305 g/mol. The number of halogens is 1. The Morgan fingerprint density at radius 2 is 1.95 bits per heavy atom. The van der Waals surface area contributed by atoms with Crippen molar-refractivity contribution in [1.29, 1.82) is 5.41 Å². The molecule has 1 aromatic carbocycles. The summed E-state index contributed by atoms with van der Waals surface area (Å²) in [5.74, 6) is -2.51. The Bertz CT molecular complexity index is 696. The number of hydrogen-bond acceptors (Lipinski definition) is 6. The van der Waals surface area contributed by atoms with Crippen LogP contribution in [0.15, 0.2) is 24.0 Å². The Morgan fingerprint density at radius 3 is 2.55 bits per heavy atom. The number of nitrogens with zero attached hydrogens (tertiary/aromatic N) is 1. The molecule has 1 aromatic rings. The predicted molar refractivity (Wildman–Crippen MR) is 80.5 cm³/mol. The molecule has 0 fully saturated rings. The van der Waals surface area contributed by atoms with E-state index in [0.717, 1.165) is 6.07 Å². The van der Waals surface area contributed by atoms with Gasteiger partial charge in [0.05, 0.1) is 23.0 Å². The molecule has 1 aliphatic rings. The van der Waals surface area contributed by atoms with E-state index in [1.807, 2.05) is 19.0 Å². The van der Waals surface area contributed by atoms with Crippen LogP contribution in [0.4, 0.5) is 10.1 Å². The number of nitrogens with one attached hydrogen (secondary N) is 2. The SMILES string of the molecule is CN(C)CCNc1ccc(F)c2c1C(=O)/C(=C/O)C(=N)C2=O. The number of aliphatic hydroxyl groups is 1. The third kappa shape index (κ3) is 2.62. The van der Waals surface area contributed by atoms with Gasteiger partial charge in [0.2, 0.25) is 11.6 Å². The summed E-state index contributed by atoms with van der Waals surface area (Å²) in [7, 11) is 3.76. The lowest BCUT2D eigenvalue weighted by Crippen LogP contribution is -2.32. The van der Waals surface area contributed by atoms with E-state index < -0.39 is 34.2 Å². The van der Waals surface area contributed by atoms with Gasteiger partial charge in [0.25, 0.3) is 0 Å². The number of rotatable bonds is 4. The smallest absolute Gasteiger partial charge is 0.215 e. The summed E-state index contributed by atoms with van der Waals surface area (Å²) in [4.78, 5) is 26.3. The van der Waals surface area contributed by atoms with Crippen molar-refractivity contribution in [1.82, 2.24) is 4.90 Å². The molecule has 0 spiro atoms. The van der Waals surface area contributed by atoms with Crippen LogP contribution in [0.3, 0.4) is 0 Å². The van der Waals surface area contributed by atoms with Gasteiger partial charge in [-0.3, -0.25) is 15.0 Å². The van der Waals surface area contributed by atoms with Gasteiger partial charge in [0.15, 0.2) is 0 Å². The van der Waals surface area contributed by atoms with E-state index in [1.54, 1.807) is 0 Å². The summed E-state index contributed by atoms with van der Waals surface area (Å²) >= 11 is 0. The maximum Gasteiger partial charge on any atom is 0.215 e. The van der Waals surface area contributed by atoms with Crippen LogP contribution in [0.1, 0.15) is 20.7 Å². The third-order valence-corrected chi connectivity index (χ3v) is 3.35. The van der Waals surface area contributed by atoms with E-state index in [9.17, 15) is 14.0 Å². The van der Waals surface area contributed by atoms with Crippen LogP contribution in [0.5, 0.6) is 0 Å². The zero-order valence-electron chi connectivity index (χ0n) is 12.2. The molecule has 0 aromatic heterocycles. The molecule has 0 amide bonds. The van der Waals surface area contributed by atoms with Crippen molar-refractivity contribution >= 4 is 23.0 Å². The summed E-state index contributed by atoms with van der Waals surface area (Å²) in [6, 6.07) is 2.46. The number of benzene rings is 1. The van der Waals surface area contributed by atoms with Gasteiger partial charge in [-0.2, -0.15) is 0 Å². The summed E-state index contributed by atoms with van der Waals surface area (Å²) < 4.78 is 13.9. The lowest BCUT2D eigenvalue weighted by Gasteiger charge is -2.21. The molecule has 0 atom stereocenters. The number of Topliss-reactive ketones (excluding diaryl/α,β-unsaturated/α-hetero) is 2. The molecule has 22 heavy (non-hydrogen) atoms. The fourth-order valence-electron chi connectivity index (χ4n) is 2.22. The Balaban J connectivity index is 2.51. The van der Waals surface area contributed by atoms with E-state index in [1.165, 1.54) is 6.07 Å². The van der Waals surface area contributed by atoms with Crippen molar-refractivity contribution in [3.05, 3.63) is 40.9 Å². The fourth-order valence-corrected chi connectivity index (χ4v) is 2.22. The van der Waals surface area contributed by atoms with E-state index in [0.29, 0.717) is 25.0 Å². The monoisotopic (exact) mass is 305 g/mol. The number of aliphatic hydroxyl groups excluding tert-OH is 1. The molecule has 0 saturated carbocycles. The Morgan fingerprint density at radius 1 is 1.27 bits per heavy atom. The highest BCUT2D eigenvalue weighted by atomic mass is 19.1. The number of carbonyl (C=O) groups excluding carboxylic acids is 2. The molecule has 6 nitrogen and oxygen atoms in total. The van der Waals surface area contributed by atoms with E-state index in [4.69, 9.17) is 10.5 Å². The Kier molecular flexibility index (Phi) is 4.37. The van der Waals surface area contributed by atoms with Crippen molar-refractivity contribution in [2.24, 2.45) is 0 Å². The number of anilines is 1. The minimum atomic E-state index is -0.913. The van der Waals surface area contributed by atoms with Crippen molar-refractivity contribution < 1.29 is 19.1 Å². The minimum Gasteiger partial charge on any atom is -0.515 e. The molecular weight excluding hydrogens is 289 g/mol. The van der Waals surface area contributed by atoms with E-state index in [-0.39, 0.29) is 5.56 Å². The first-order chi connectivity index (χ1) is 10.4. The summed E-state index contributed by atoms with van der Waals surface area (Å²) in [5.41, 5.74) is -1.39. The number of allylic oxidation sites excluding steroid dienone is 1. The second kappa shape index (κ2) is 6.07. The van der Waals surface area contributed by atoms with Gasteiger partial charge in [-0.15, -0.1) is 0 Å². The first kappa shape index (κ1) is 15.8. The Labute approximate surface area is 126 Å². The van der Waals surface area contributed by atoms with Gasteiger partial charge < -0.3 is 15.3 Å². The van der Waals surface area contributed by atoms with Gasteiger partial charge in [-0.1, -0.05) is 0 Å². The largest absolute Gasteiger partial charge is 0.515 e. The fraction of sp³-hybridized carbons (Fsp3) is 0.267. The molecule has 0 unspecified atom stereocenters. The van der Waals surface area contributed by atoms with Crippen molar-refractivity contribution in [2.45, 2.75) is 0 Å². The number of hydrogen-bond donors (Lipinski definition) is 3. The third-order valence-electron chi connectivity index (χ3n) is 3.35. The number of ketones is 2. The molecular formula is C15H16FN3O3. The first-order valence-corrected chi connectivity index (χ1v) is 6.62. The van der Waals surface area contributed by atoms with Crippen LogP contribution < -0.4 is 5.32 Å². The lowest BCUT2D eigenvalue weighted by molar-refractivity contribution is 0.0992. The van der Waals surface area contributed by atoms with Gasteiger partial charge in [0, 0.05) is 18.8 Å². The maximum atomic E-state index is 13.9. The normalized spacial score (nSPS) is 16.4. The van der Waals surface area contributed by atoms with E-state index >= 15 is 0 Å². The number of carbonyl (C=O) groups is 2. The number of fused-ring (bicyclic) bond motifs is 1. The molecule has 0 heterocycles. The van der Waals surface area contributed by atoms with E-state index in [2.05, 4.69) is 5.32 Å². The zero-order valence-corrected chi connectivity index (χ0v) is 12.2. The summed E-state index contributed by atoms with van der Waals surface area (Å²) in [6.45, 7) is 1.16. The quantitative estimate of drug-likeness (QED) is 0.581. The highest BCUT2D eigenvalue weighted by Gasteiger charge is 2.37. The highest BCUT2D eigenvalue weighted by Crippen LogP contribution is 2.31. The molecule has 1 aliphatic carbocycles. The molecule has 116 valence electrons. The highest BCUT2D eigenvalue weighted by molar-refractivity contribution is 6.60. The van der Waals surface area contributed by atoms with Crippen molar-refractivity contribution in [2.75, 3.05) is 32.5 Å². The molecule has 3 N–H and O–H groups in total. The lowest BCUT2D eigenvalue weighted by atomic mass is 9.83. The van der Waals surface area contributed by atoms with Crippen molar-refractivity contribution in [3.63, 3.8) is 0 Å². The average Bonchev–Trinajstić information content (AvgIpc) is 2.46. The molecule has 7 heteroatoms. The predicted octanol–water partition coefficient (Wildman–Crippen LogP) is 1.64. The van der Waals surface area contributed by atoms with Crippen LogP contribution >= 0.6 is 0 Å². The summed E-state index contributed by atoms with van der Waals surface area (Å²) in [6.07, 6.45) is 0.417. The van der Waals surface area contributed by atoms with Crippen molar-refractivity contribution in [3.8, 4) is 0 Å². The minimum absolute atomic E-state index is 0.139. The Hall–Kier alpha value is -2.54. The van der Waals surface area contributed by atoms with Gasteiger partial charge in [0.1, 0.15) is 11.5 Å². The second-order valence-corrected chi connectivity index (χ2v) is 5.15. The molecule has 0 bridgehead atoms. The van der Waals surface area contributed by atoms with Crippen LogP contribution in [0.25, 0.3) is 0 Å². The van der Waals surface area contributed by atoms with Crippen LogP contribution in [-0.2, 0) is 0 Å². The standard InChI is InChI=1S/C15H16FN3O3/c1-19(2)6-5-18-10-4-3-9(16)11-12(10)14(21)8(7-20)13(17)15(11)22/h3-4,7,17-18,20H,5-6H2,1-2H3/b8-7+,17-13?. The zero-order chi connectivity index (χ0) is 16.4. The summed E-state index contributed by atoms with van der Waals surface area (Å²) in [5, 5.41) is 19.7. The number of likely N-dealkylation sites (N-methyl/N-ethyl adjacent to an activating group) is 1. The first-order valence-electron chi connectivity index (χ1n) is 6.62. The molecule has 0 saturated heterocycles. The maximum absolute atomic E-state index is 13.9. The molecule has 0 aliphatic heterocycles. The van der Waals surface area contributed by atoms with Crippen LogP contribution in [0.2, 0.25) is 0 Å². The second-order valence-electron chi connectivity index (χ2n) is 5.15. The van der Waals surface area contributed by atoms with Gasteiger partial charge in [-0.05, 0) is 26.2 Å². The van der Waals surface area contributed by atoms with Gasteiger partial charge >= 0.3 is 0 Å². The van der Waals surface area contributed by atoms with Gasteiger partial charge in [-0.25, -0.2) is 4.39 Å². The molecule has 0 radical (unpaired) electrons. The molecule has 2 rings (SSSR count).